The predicted octanol–water partition coefficient (Wildman–Crippen LogP) is 1.40. The van der Waals surface area contributed by atoms with Gasteiger partial charge in [-0.1, -0.05) is 6.92 Å². The molecule has 1 atom stereocenters. The van der Waals surface area contributed by atoms with E-state index in [0.29, 0.717) is 5.54 Å². The van der Waals surface area contributed by atoms with Crippen molar-refractivity contribution in [2.75, 3.05) is 40.3 Å². The molecular weight excluding hydrogens is 198 g/mol. The Labute approximate surface area is 101 Å². The molecule has 1 saturated heterocycles. The van der Waals surface area contributed by atoms with E-state index < -0.39 is 0 Å². The van der Waals surface area contributed by atoms with E-state index >= 15 is 0 Å². The van der Waals surface area contributed by atoms with E-state index in [-0.39, 0.29) is 0 Å². The van der Waals surface area contributed by atoms with E-state index in [0.717, 1.165) is 19.1 Å². The van der Waals surface area contributed by atoms with Crippen LogP contribution in [0, 0.1) is 0 Å². The number of rotatable bonds is 6. The zero-order chi connectivity index (χ0) is 12.2. The van der Waals surface area contributed by atoms with Crippen LogP contribution in [0.1, 0.15) is 33.6 Å². The number of hydrogen-bond donors (Lipinski definition) is 1. The molecule has 0 bridgehead atoms. The molecule has 0 amide bonds. The highest BCUT2D eigenvalue weighted by molar-refractivity contribution is 4.94. The van der Waals surface area contributed by atoms with Gasteiger partial charge >= 0.3 is 0 Å². The van der Waals surface area contributed by atoms with E-state index in [1.807, 2.05) is 0 Å². The van der Waals surface area contributed by atoms with Crippen LogP contribution < -0.4 is 5.32 Å². The molecule has 1 N–H and O–H groups in total. The van der Waals surface area contributed by atoms with E-state index in [2.05, 4.69) is 50.0 Å². The molecule has 0 aromatic carbocycles. The highest BCUT2D eigenvalue weighted by atomic mass is 15.2. The molecule has 0 saturated carbocycles. The largest absolute Gasteiger partial charge is 0.310 e. The van der Waals surface area contributed by atoms with Crippen LogP contribution in [0.25, 0.3) is 0 Å². The van der Waals surface area contributed by atoms with Gasteiger partial charge in [-0.15, -0.1) is 0 Å². The van der Waals surface area contributed by atoms with Crippen LogP contribution >= 0.6 is 0 Å². The maximum atomic E-state index is 3.62. The standard InChI is InChI=1S/C13H29N3/c1-6-7-16(9-8-15(4)5)12-10-13(2,3)14-11-12/h12,14H,6-11H2,1-5H3. The van der Waals surface area contributed by atoms with Gasteiger partial charge < -0.3 is 10.2 Å². The first kappa shape index (κ1) is 13.9. The molecule has 3 heteroatoms. The number of nitrogens with one attached hydrogen (secondary N) is 1. The maximum absolute atomic E-state index is 3.62. The Morgan fingerprint density at radius 1 is 1.19 bits per heavy atom. The predicted molar refractivity (Wildman–Crippen MR) is 70.9 cm³/mol. The van der Waals surface area contributed by atoms with Crippen LogP contribution in [0.3, 0.4) is 0 Å². The van der Waals surface area contributed by atoms with Crippen LogP contribution in [-0.2, 0) is 0 Å². The highest BCUT2D eigenvalue weighted by Crippen LogP contribution is 2.22. The molecule has 1 aliphatic rings. The second-order valence-corrected chi connectivity index (χ2v) is 5.96. The third-order valence-corrected chi connectivity index (χ3v) is 3.42. The summed E-state index contributed by atoms with van der Waals surface area (Å²) in [6.07, 6.45) is 2.53. The smallest absolute Gasteiger partial charge is 0.0238 e. The van der Waals surface area contributed by atoms with Crippen LogP contribution in [0.15, 0.2) is 0 Å². The number of nitrogens with zero attached hydrogens (tertiary/aromatic N) is 2. The first-order chi connectivity index (χ1) is 7.44. The van der Waals surface area contributed by atoms with Crippen molar-refractivity contribution in [3.05, 3.63) is 0 Å². The van der Waals surface area contributed by atoms with Gasteiger partial charge in [-0.3, -0.25) is 4.90 Å². The van der Waals surface area contributed by atoms with Crippen molar-refractivity contribution in [3.63, 3.8) is 0 Å². The summed E-state index contributed by atoms with van der Waals surface area (Å²) in [6, 6.07) is 0.731. The van der Waals surface area contributed by atoms with Gasteiger partial charge in [0.1, 0.15) is 0 Å². The lowest BCUT2D eigenvalue weighted by Gasteiger charge is -2.30. The fourth-order valence-corrected chi connectivity index (χ4v) is 2.48. The molecule has 16 heavy (non-hydrogen) atoms. The molecule has 1 heterocycles. The Bertz CT molecular complexity index is 201. The lowest BCUT2D eigenvalue weighted by Crippen LogP contribution is -2.41. The Hall–Kier alpha value is -0.120. The van der Waals surface area contributed by atoms with Crippen LogP contribution in [0.4, 0.5) is 0 Å². The van der Waals surface area contributed by atoms with Gasteiger partial charge in [0.15, 0.2) is 0 Å². The topological polar surface area (TPSA) is 18.5 Å². The van der Waals surface area contributed by atoms with Gasteiger partial charge in [-0.05, 0) is 47.3 Å². The monoisotopic (exact) mass is 227 g/mol. The molecule has 1 unspecified atom stereocenters. The van der Waals surface area contributed by atoms with Gasteiger partial charge in [0.05, 0.1) is 0 Å². The summed E-state index contributed by atoms with van der Waals surface area (Å²) in [7, 11) is 4.31. The van der Waals surface area contributed by atoms with Gasteiger partial charge in [0, 0.05) is 31.2 Å². The van der Waals surface area contributed by atoms with Crippen LogP contribution in [-0.4, -0.2) is 61.7 Å². The quantitative estimate of drug-likeness (QED) is 0.740. The molecule has 0 aliphatic carbocycles. The number of likely N-dealkylation sites (N-methyl/N-ethyl adjacent to an activating group) is 1. The average Bonchev–Trinajstić information content (AvgIpc) is 2.53. The second kappa shape index (κ2) is 5.99. The summed E-state index contributed by atoms with van der Waals surface area (Å²) in [5, 5.41) is 3.62. The van der Waals surface area contributed by atoms with E-state index in [1.54, 1.807) is 0 Å². The third-order valence-electron chi connectivity index (χ3n) is 3.42. The minimum Gasteiger partial charge on any atom is -0.310 e. The van der Waals surface area contributed by atoms with E-state index in [9.17, 15) is 0 Å². The molecule has 0 aromatic heterocycles. The van der Waals surface area contributed by atoms with Crippen molar-refractivity contribution < 1.29 is 0 Å². The zero-order valence-corrected chi connectivity index (χ0v) is 11.7. The van der Waals surface area contributed by atoms with E-state index in [4.69, 9.17) is 0 Å². The fraction of sp³-hybridized carbons (Fsp3) is 1.00. The Morgan fingerprint density at radius 2 is 1.88 bits per heavy atom. The molecular formula is C13H29N3. The van der Waals surface area contributed by atoms with Gasteiger partial charge in [-0.25, -0.2) is 0 Å². The summed E-state index contributed by atoms with van der Waals surface area (Å²) < 4.78 is 0. The summed E-state index contributed by atoms with van der Waals surface area (Å²) in [6.45, 7) is 11.6. The van der Waals surface area contributed by atoms with E-state index in [1.165, 1.54) is 25.9 Å². The normalized spacial score (nSPS) is 24.6. The van der Waals surface area contributed by atoms with Gasteiger partial charge in [-0.2, -0.15) is 0 Å². The molecule has 0 aromatic rings. The fourth-order valence-electron chi connectivity index (χ4n) is 2.48. The molecule has 0 radical (unpaired) electrons. The molecule has 1 aliphatic heterocycles. The summed E-state index contributed by atoms with van der Waals surface area (Å²) >= 11 is 0. The van der Waals surface area contributed by atoms with Gasteiger partial charge in [0.25, 0.3) is 0 Å². The first-order valence-electron chi connectivity index (χ1n) is 6.58. The minimum atomic E-state index is 0.328. The number of hydrogen-bond acceptors (Lipinski definition) is 3. The SMILES string of the molecule is CCCN(CCN(C)C)C1CNC(C)(C)C1. The minimum absolute atomic E-state index is 0.328. The summed E-state index contributed by atoms with van der Waals surface area (Å²) in [4.78, 5) is 4.93. The molecule has 1 fully saturated rings. The third kappa shape index (κ3) is 4.40. The molecule has 96 valence electrons. The lowest BCUT2D eigenvalue weighted by atomic mass is 10.0. The van der Waals surface area contributed by atoms with Crippen molar-refractivity contribution >= 4 is 0 Å². The Morgan fingerprint density at radius 3 is 2.31 bits per heavy atom. The van der Waals surface area contributed by atoms with Crippen molar-refractivity contribution in [1.29, 1.82) is 0 Å². The average molecular weight is 227 g/mol. The van der Waals surface area contributed by atoms with Crippen molar-refractivity contribution in [2.24, 2.45) is 0 Å². The highest BCUT2D eigenvalue weighted by Gasteiger charge is 2.33. The van der Waals surface area contributed by atoms with Crippen LogP contribution in [0.2, 0.25) is 0 Å². The molecule has 3 nitrogen and oxygen atoms in total. The van der Waals surface area contributed by atoms with Crippen LogP contribution in [0.5, 0.6) is 0 Å². The van der Waals surface area contributed by atoms with Crippen molar-refractivity contribution in [2.45, 2.75) is 45.2 Å². The summed E-state index contributed by atoms with van der Waals surface area (Å²) in [5.41, 5.74) is 0.328. The Balaban J connectivity index is 2.44. The molecule has 1 rings (SSSR count). The lowest BCUT2D eigenvalue weighted by molar-refractivity contribution is 0.183. The van der Waals surface area contributed by atoms with Crippen molar-refractivity contribution in [1.82, 2.24) is 15.1 Å². The van der Waals surface area contributed by atoms with Crippen molar-refractivity contribution in [3.8, 4) is 0 Å². The first-order valence-corrected chi connectivity index (χ1v) is 6.58. The van der Waals surface area contributed by atoms with Gasteiger partial charge in [0.2, 0.25) is 0 Å². The zero-order valence-electron chi connectivity index (χ0n) is 11.7. The Kier molecular flexibility index (Phi) is 5.22. The maximum Gasteiger partial charge on any atom is 0.0238 e. The molecule has 0 spiro atoms. The summed E-state index contributed by atoms with van der Waals surface area (Å²) in [5.74, 6) is 0. The second-order valence-electron chi connectivity index (χ2n) is 5.96.